The van der Waals surface area contributed by atoms with Crippen LogP contribution in [0.3, 0.4) is 0 Å². The summed E-state index contributed by atoms with van der Waals surface area (Å²) in [6.07, 6.45) is 6.33. The first-order chi connectivity index (χ1) is 7.20. The molecule has 1 saturated carbocycles. The molecule has 3 nitrogen and oxygen atoms in total. The molecule has 84 valence electrons. The topological polar surface area (TPSA) is 43.8 Å². The Kier molecular flexibility index (Phi) is 2.78. The number of nitrogens with two attached hydrogens (primary N) is 1. The number of rotatable bonds is 5. The van der Waals surface area contributed by atoms with E-state index < -0.39 is 5.67 Å². The Morgan fingerprint density at radius 1 is 1.67 bits per heavy atom. The first-order valence-electron chi connectivity index (χ1n) is 5.62. The highest BCUT2D eigenvalue weighted by Crippen LogP contribution is 2.47. The van der Waals surface area contributed by atoms with Crippen LogP contribution in [-0.4, -0.2) is 16.3 Å². The van der Waals surface area contributed by atoms with Crippen LogP contribution in [0.4, 0.5) is 4.39 Å². The second-order valence-corrected chi connectivity index (χ2v) is 4.33. The lowest BCUT2D eigenvalue weighted by Crippen LogP contribution is -2.32. The normalized spacial score (nSPS) is 20.2. The Labute approximate surface area is 89.5 Å². The third kappa shape index (κ3) is 1.91. The van der Waals surface area contributed by atoms with E-state index in [0.717, 1.165) is 25.8 Å². The van der Waals surface area contributed by atoms with Crippen LogP contribution in [0.1, 0.15) is 31.7 Å². The molecule has 2 rings (SSSR count). The lowest BCUT2D eigenvalue weighted by Gasteiger charge is -2.21. The van der Waals surface area contributed by atoms with Gasteiger partial charge in [0.1, 0.15) is 0 Å². The predicted molar refractivity (Wildman–Crippen MR) is 57.1 cm³/mol. The Bertz CT molecular complexity index is 332. The summed E-state index contributed by atoms with van der Waals surface area (Å²) in [5.74, 6) is 0.113. The van der Waals surface area contributed by atoms with E-state index in [9.17, 15) is 4.39 Å². The highest BCUT2D eigenvalue weighted by Gasteiger charge is 2.46. The van der Waals surface area contributed by atoms with Crippen LogP contribution in [0.15, 0.2) is 12.4 Å². The molecule has 1 atom stereocenters. The Hall–Kier alpha value is -0.900. The van der Waals surface area contributed by atoms with Crippen molar-refractivity contribution in [3.8, 4) is 0 Å². The van der Waals surface area contributed by atoms with Gasteiger partial charge in [0, 0.05) is 24.8 Å². The maximum Gasteiger partial charge on any atom is 0.153 e. The van der Waals surface area contributed by atoms with Crippen LogP contribution in [0.25, 0.3) is 0 Å². The van der Waals surface area contributed by atoms with Crippen molar-refractivity contribution in [3.05, 3.63) is 18.0 Å². The Morgan fingerprint density at radius 3 is 2.93 bits per heavy atom. The zero-order chi connectivity index (χ0) is 10.9. The summed E-state index contributed by atoms with van der Waals surface area (Å²) in [4.78, 5) is 0. The van der Waals surface area contributed by atoms with Gasteiger partial charge in [-0.1, -0.05) is 6.92 Å². The van der Waals surface area contributed by atoms with Gasteiger partial charge in [0.05, 0.1) is 6.20 Å². The molecule has 4 heteroatoms. The standard InChI is InChI=1S/C11H18FN3/c1-2-5-15-7-10(6-14-15)11(12,8-13)9-3-4-9/h6-7,9H,2-5,8,13H2,1H3. The molecule has 1 aromatic heterocycles. The minimum Gasteiger partial charge on any atom is -0.327 e. The van der Waals surface area contributed by atoms with E-state index in [0.29, 0.717) is 5.56 Å². The van der Waals surface area contributed by atoms with Crippen LogP contribution in [0, 0.1) is 5.92 Å². The molecule has 0 spiro atoms. The van der Waals surface area contributed by atoms with Gasteiger partial charge in [0.2, 0.25) is 0 Å². The van der Waals surface area contributed by atoms with Gasteiger partial charge < -0.3 is 5.73 Å². The fourth-order valence-corrected chi connectivity index (χ4v) is 1.99. The fraction of sp³-hybridized carbons (Fsp3) is 0.727. The average molecular weight is 211 g/mol. The SMILES string of the molecule is CCCn1cc(C(F)(CN)C2CC2)cn1. The molecule has 15 heavy (non-hydrogen) atoms. The highest BCUT2D eigenvalue weighted by molar-refractivity contribution is 5.20. The van der Waals surface area contributed by atoms with E-state index in [4.69, 9.17) is 5.73 Å². The van der Waals surface area contributed by atoms with Crippen molar-refractivity contribution >= 4 is 0 Å². The van der Waals surface area contributed by atoms with E-state index in [1.165, 1.54) is 0 Å². The van der Waals surface area contributed by atoms with Crippen molar-refractivity contribution in [3.63, 3.8) is 0 Å². The summed E-state index contributed by atoms with van der Waals surface area (Å²) in [5.41, 5.74) is 4.86. The maximum absolute atomic E-state index is 14.5. The van der Waals surface area contributed by atoms with Crippen LogP contribution in [0.2, 0.25) is 0 Å². The third-order valence-electron chi connectivity index (χ3n) is 3.09. The third-order valence-corrected chi connectivity index (χ3v) is 3.09. The van der Waals surface area contributed by atoms with Crippen molar-refractivity contribution in [2.24, 2.45) is 11.7 Å². The van der Waals surface area contributed by atoms with Gasteiger partial charge in [0.25, 0.3) is 0 Å². The van der Waals surface area contributed by atoms with Crippen molar-refractivity contribution in [1.82, 2.24) is 9.78 Å². The maximum atomic E-state index is 14.5. The van der Waals surface area contributed by atoms with Crippen molar-refractivity contribution in [2.45, 2.75) is 38.4 Å². The molecular formula is C11H18FN3. The molecule has 0 amide bonds. The zero-order valence-electron chi connectivity index (χ0n) is 9.12. The number of halogens is 1. The molecule has 1 fully saturated rings. The minimum atomic E-state index is -1.34. The summed E-state index contributed by atoms with van der Waals surface area (Å²) < 4.78 is 16.3. The van der Waals surface area contributed by atoms with Crippen LogP contribution in [0.5, 0.6) is 0 Å². The summed E-state index contributed by atoms with van der Waals surface area (Å²) in [6.45, 7) is 2.98. The molecule has 0 aliphatic heterocycles. The molecule has 2 N–H and O–H groups in total. The van der Waals surface area contributed by atoms with E-state index in [-0.39, 0.29) is 12.5 Å². The molecule has 0 bridgehead atoms. The molecule has 0 saturated heterocycles. The summed E-state index contributed by atoms with van der Waals surface area (Å²) >= 11 is 0. The summed E-state index contributed by atoms with van der Waals surface area (Å²) in [5, 5.41) is 4.15. The monoisotopic (exact) mass is 211 g/mol. The minimum absolute atomic E-state index is 0.0650. The van der Waals surface area contributed by atoms with E-state index in [1.54, 1.807) is 17.1 Å². The van der Waals surface area contributed by atoms with Gasteiger partial charge in [-0.05, 0) is 25.2 Å². The molecule has 1 unspecified atom stereocenters. The van der Waals surface area contributed by atoms with Crippen molar-refractivity contribution in [2.75, 3.05) is 6.54 Å². The van der Waals surface area contributed by atoms with Crippen LogP contribution >= 0.6 is 0 Å². The number of hydrogen-bond acceptors (Lipinski definition) is 2. The first-order valence-corrected chi connectivity index (χ1v) is 5.62. The number of hydrogen-bond donors (Lipinski definition) is 1. The summed E-state index contributed by atoms with van der Waals surface area (Å²) in [6, 6.07) is 0. The molecule has 1 aliphatic rings. The number of aryl methyl sites for hydroxylation is 1. The molecule has 1 heterocycles. The van der Waals surface area contributed by atoms with Gasteiger partial charge in [-0.25, -0.2) is 4.39 Å². The Balaban J connectivity index is 2.18. The quantitative estimate of drug-likeness (QED) is 0.807. The largest absolute Gasteiger partial charge is 0.327 e. The van der Waals surface area contributed by atoms with E-state index >= 15 is 0 Å². The molecule has 1 aliphatic carbocycles. The van der Waals surface area contributed by atoms with Crippen molar-refractivity contribution < 1.29 is 4.39 Å². The van der Waals surface area contributed by atoms with E-state index in [1.807, 2.05) is 0 Å². The highest BCUT2D eigenvalue weighted by atomic mass is 19.1. The van der Waals surface area contributed by atoms with Gasteiger partial charge in [-0.2, -0.15) is 5.10 Å². The van der Waals surface area contributed by atoms with Crippen molar-refractivity contribution in [1.29, 1.82) is 0 Å². The molecule has 0 aromatic carbocycles. The number of aromatic nitrogens is 2. The fourth-order valence-electron chi connectivity index (χ4n) is 1.99. The molecule has 1 aromatic rings. The number of nitrogens with zero attached hydrogens (tertiary/aromatic N) is 2. The van der Waals surface area contributed by atoms with Gasteiger partial charge in [0.15, 0.2) is 5.67 Å². The van der Waals surface area contributed by atoms with Crippen LogP contribution < -0.4 is 5.73 Å². The van der Waals surface area contributed by atoms with Gasteiger partial charge in [-0.3, -0.25) is 4.68 Å². The number of alkyl halides is 1. The molecule has 0 radical (unpaired) electrons. The Morgan fingerprint density at radius 2 is 2.40 bits per heavy atom. The lowest BCUT2D eigenvalue weighted by atomic mass is 9.93. The smallest absolute Gasteiger partial charge is 0.153 e. The first kappa shape index (κ1) is 10.6. The summed E-state index contributed by atoms with van der Waals surface area (Å²) in [7, 11) is 0. The van der Waals surface area contributed by atoms with E-state index in [2.05, 4.69) is 12.0 Å². The zero-order valence-corrected chi connectivity index (χ0v) is 9.12. The second-order valence-electron chi connectivity index (χ2n) is 4.33. The average Bonchev–Trinajstić information content (AvgIpc) is 2.99. The predicted octanol–water partition coefficient (Wildman–Crippen LogP) is 1.83. The van der Waals surface area contributed by atoms with Crippen LogP contribution in [-0.2, 0) is 12.2 Å². The van der Waals surface area contributed by atoms with Gasteiger partial charge in [-0.15, -0.1) is 0 Å². The molecular weight excluding hydrogens is 193 g/mol. The van der Waals surface area contributed by atoms with Gasteiger partial charge >= 0.3 is 0 Å². The second kappa shape index (κ2) is 3.93. The lowest BCUT2D eigenvalue weighted by molar-refractivity contribution is 0.143.